The van der Waals surface area contributed by atoms with Gasteiger partial charge in [0.25, 0.3) is 0 Å². The van der Waals surface area contributed by atoms with Gasteiger partial charge < -0.3 is 20.9 Å². The summed E-state index contributed by atoms with van der Waals surface area (Å²) in [6, 6.07) is 11.9. The lowest BCUT2D eigenvalue weighted by Gasteiger charge is -2.24. The van der Waals surface area contributed by atoms with Crippen molar-refractivity contribution in [1.29, 1.82) is 0 Å². The summed E-state index contributed by atoms with van der Waals surface area (Å²) in [6.45, 7) is 8.95. The number of hydrogen-bond donors (Lipinski definition) is 3. The molecule has 1 aliphatic rings. The zero-order valence-electron chi connectivity index (χ0n) is 18.3. The summed E-state index contributed by atoms with van der Waals surface area (Å²) in [5.74, 6) is 1.51. The first-order chi connectivity index (χ1) is 14.9. The molecule has 9 heteroatoms. The van der Waals surface area contributed by atoms with Gasteiger partial charge in [-0.1, -0.05) is 51.1 Å². The van der Waals surface area contributed by atoms with Gasteiger partial charge in [-0.15, -0.1) is 0 Å². The van der Waals surface area contributed by atoms with Crippen LogP contribution in [0.3, 0.4) is 0 Å². The standard InChI is InChI=1S/C22H28N8O/c1-5-29-18-16(25-21(29)30-13-9-12-24-30)17(26-19(31)22(2,3)4)27-20(28-18)23-14-15-10-7-6-8-11-15/h6-13,21,25H,5,14H2,1-4H3,(H2,23,26,27,28,31). The van der Waals surface area contributed by atoms with E-state index in [1.165, 1.54) is 0 Å². The summed E-state index contributed by atoms with van der Waals surface area (Å²) in [7, 11) is 0. The number of rotatable bonds is 6. The molecule has 2 aromatic heterocycles. The zero-order chi connectivity index (χ0) is 22.0. The molecule has 1 unspecified atom stereocenters. The number of hydrogen-bond acceptors (Lipinski definition) is 7. The molecule has 162 valence electrons. The molecular weight excluding hydrogens is 392 g/mol. The van der Waals surface area contributed by atoms with Crippen LogP contribution in [0.1, 0.15) is 39.5 Å². The summed E-state index contributed by atoms with van der Waals surface area (Å²) in [6.07, 6.45) is 3.37. The molecule has 9 nitrogen and oxygen atoms in total. The van der Waals surface area contributed by atoms with E-state index in [-0.39, 0.29) is 12.2 Å². The predicted octanol–water partition coefficient (Wildman–Crippen LogP) is 3.68. The first-order valence-electron chi connectivity index (χ1n) is 10.4. The van der Waals surface area contributed by atoms with Crippen molar-refractivity contribution in [3.05, 3.63) is 54.4 Å². The Bertz CT molecular complexity index is 1040. The smallest absolute Gasteiger partial charge is 0.230 e. The third-order valence-corrected chi connectivity index (χ3v) is 5.05. The Kier molecular flexibility index (Phi) is 5.50. The molecule has 0 saturated heterocycles. The molecule has 3 aromatic rings. The molecule has 0 fully saturated rings. The van der Waals surface area contributed by atoms with Gasteiger partial charge in [0, 0.05) is 30.9 Å². The number of anilines is 4. The SMILES string of the molecule is CCN1c2nc(NCc3ccccc3)nc(NC(=O)C(C)(C)C)c2NC1n1cccn1. The highest BCUT2D eigenvalue weighted by atomic mass is 16.2. The Labute approximate surface area is 181 Å². The molecule has 0 bridgehead atoms. The molecule has 0 radical (unpaired) electrons. The number of carbonyl (C=O) groups is 1. The second-order valence-electron chi connectivity index (χ2n) is 8.43. The number of amides is 1. The number of fused-ring (bicyclic) bond motifs is 1. The molecule has 31 heavy (non-hydrogen) atoms. The van der Waals surface area contributed by atoms with Crippen molar-refractivity contribution in [2.24, 2.45) is 5.41 Å². The van der Waals surface area contributed by atoms with Gasteiger partial charge >= 0.3 is 0 Å². The minimum absolute atomic E-state index is 0.116. The first kappa shape index (κ1) is 20.6. The summed E-state index contributed by atoms with van der Waals surface area (Å²) in [5, 5.41) is 14.1. The van der Waals surface area contributed by atoms with Crippen LogP contribution < -0.4 is 20.9 Å². The largest absolute Gasteiger partial charge is 0.350 e. The number of aromatic nitrogens is 4. The van der Waals surface area contributed by atoms with E-state index in [0.29, 0.717) is 30.5 Å². The third kappa shape index (κ3) is 4.30. The molecule has 4 rings (SSSR count). The maximum Gasteiger partial charge on any atom is 0.230 e. The fraction of sp³-hybridized carbons (Fsp3) is 0.364. The van der Waals surface area contributed by atoms with E-state index in [4.69, 9.17) is 4.98 Å². The lowest BCUT2D eigenvalue weighted by Crippen LogP contribution is -2.33. The van der Waals surface area contributed by atoms with Crippen molar-refractivity contribution in [3.63, 3.8) is 0 Å². The quantitative estimate of drug-likeness (QED) is 0.559. The molecule has 0 saturated carbocycles. The van der Waals surface area contributed by atoms with Gasteiger partial charge in [0.2, 0.25) is 11.9 Å². The van der Waals surface area contributed by atoms with E-state index in [9.17, 15) is 4.79 Å². The Hall–Kier alpha value is -3.62. The fourth-order valence-corrected chi connectivity index (χ4v) is 3.31. The predicted molar refractivity (Wildman–Crippen MR) is 122 cm³/mol. The summed E-state index contributed by atoms with van der Waals surface area (Å²) in [4.78, 5) is 24.2. The normalized spacial score (nSPS) is 15.4. The van der Waals surface area contributed by atoms with E-state index in [2.05, 4.69) is 37.9 Å². The number of carbonyl (C=O) groups excluding carboxylic acids is 1. The third-order valence-electron chi connectivity index (χ3n) is 5.05. The van der Waals surface area contributed by atoms with Crippen LogP contribution in [0.2, 0.25) is 0 Å². The van der Waals surface area contributed by atoms with Crippen LogP contribution in [0, 0.1) is 5.41 Å². The second-order valence-corrected chi connectivity index (χ2v) is 8.43. The van der Waals surface area contributed by atoms with Gasteiger partial charge in [-0.25, -0.2) is 4.68 Å². The van der Waals surface area contributed by atoms with Gasteiger partial charge in [-0.05, 0) is 18.6 Å². The van der Waals surface area contributed by atoms with Crippen LogP contribution in [-0.4, -0.2) is 32.2 Å². The van der Waals surface area contributed by atoms with E-state index >= 15 is 0 Å². The topological polar surface area (TPSA) is 100 Å². The monoisotopic (exact) mass is 420 g/mol. The van der Waals surface area contributed by atoms with Crippen LogP contribution in [0.15, 0.2) is 48.8 Å². The molecule has 3 heterocycles. The summed E-state index contributed by atoms with van der Waals surface area (Å²) >= 11 is 0. The van der Waals surface area contributed by atoms with Crippen molar-refractivity contribution in [3.8, 4) is 0 Å². The highest BCUT2D eigenvalue weighted by molar-refractivity contribution is 5.98. The number of nitrogens with zero attached hydrogens (tertiary/aromatic N) is 5. The molecule has 3 N–H and O–H groups in total. The Morgan fingerprint density at radius 3 is 2.58 bits per heavy atom. The van der Waals surface area contributed by atoms with Gasteiger partial charge in [0.05, 0.1) is 0 Å². The average molecular weight is 421 g/mol. The Morgan fingerprint density at radius 1 is 1.16 bits per heavy atom. The Balaban J connectivity index is 1.69. The van der Waals surface area contributed by atoms with Gasteiger partial charge in [-0.2, -0.15) is 15.1 Å². The fourth-order valence-electron chi connectivity index (χ4n) is 3.31. The molecule has 1 aliphatic heterocycles. The van der Waals surface area contributed by atoms with Crippen LogP contribution in [0.5, 0.6) is 0 Å². The molecule has 1 atom stereocenters. The van der Waals surface area contributed by atoms with Crippen LogP contribution in [0.25, 0.3) is 0 Å². The highest BCUT2D eigenvalue weighted by Crippen LogP contribution is 2.42. The molecule has 0 aliphatic carbocycles. The summed E-state index contributed by atoms with van der Waals surface area (Å²) < 4.78 is 1.82. The lowest BCUT2D eigenvalue weighted by molar-refractivity contribution is -0.123. The molecule has 1 amide bonds. The van der Waals surface area contributed by atoms with Crippen molar-refractivity contribution >= 4 is 29.2 Å². The molecular formula is C22H28N8O. The number of nitrogens with one attached hydrogen (secondary N) is 3. The second kappa shape index (κ2) is 8.25. The van der Waals surface area contributed by atoms with Gasteiger partial charge in [-0.3, -0.25) is 4.79 Å². The van der Waals surface area contributed by atoms with Gasteiger partial charge in [0.15, 0.2) is 17.9 Å². The van der Waals surface area contributed by atoms with Crippen LogP contribution >= 0.6 is 0 Å². The van der Waals surface area contributed by atoms with E-state index in [1.54, 1.807) is 6.20 Å². The maximum absolute atomic E-state index is 12.7. The van der Waals surface area contributed by atoms with Crippen molar-refractivity contribution in [1.82, 2.24) is 19.7 Å². The minimum Gasteiger partial charge on any atom is -0.350 e. The number of benzene rings is 1. The summed E-state index contributed by atoms with van der Waals surface area (Å²) in [5.41, 5.74) is 1.25. The maximum atomic E-state index is 12.7. The van der Waals surface area contributed by atoms with Gasteiger partial charge in [0.1, 0.15) is 5.69 Å². The average Bonchev–Trinajstić information content (AvgIpc) is 3.40. The minimum atomic E-state index is -0.556. The molecule has 1 aromatic carbocycles. The first-order valence-corrected chi connectivity index (χ1v) is 10.4. The Morgan fingerprint density at radius 2 is 1.94 bits per heavy atom. The van der Waals surface area contributed by atoms with E-state index in [1.807, 2.05) is 68.0 Å². The van der Waals surface area contributed by atoms with Crippen molar-refractivity contribution in [2.45, 2.75) is 40.5 Å². The van der Waals surface area contributed by atoms with Crippen LogP contribution in [-0.2, 0) is 11.3 Å². The highest BCUT2D eigenvalue weighted by Gasteiger charge is 2.35. The molecule has 0 spiro atoms. The van der Waals surface area contributed by atoms with Crippen LogP contribution in [0.4, 0.5) is 23.3 Å². The van der Waals surface area contributed by atoms with E-state index < -0.39 is 5.41 Å². The van der Waals surface area contributed by atoms with Crippen molar-refractivity contribution < 1.29 is 4.79 Å². The van der Waals surface area contributed by atoms with E-state index in [0.717, 1.165) is 11.4 Å². The lowest BCUT2D eigenvalue weighted by atomic mass is 9.96. The van der Waals surface area contributed by atoms with Crippen molar-refractivity contribution in [2.75, 3.05) is 27.4 Å². The zero-order valence-corrected chi connectivity index (χ0v) is 18.3.